The van der Waals surface area contributed by atoms with Crippen LogP contribution in [0.4, 0.5) is 5.69 Å². The summed E-state index contributed by atoms with van der Waals surface area (Å²) in [5.74, 6) is 0. The standard InChI is InChI=1S/C12H17N/c1-3-13(11-8-9-11)12-7-5-4-6-10(12)2/h4-7,11H,3,8-9H2,1-2H3. The van der Waals surface area contributed by atoms with Crippen molar-refractivity contribution >= 4 is 5.69 Å². The smallest absolute Gasteiger partial charge is 0.0398 e. The van der Waals surface area contributed by atoms with Gasteiger partial charge in [0.05, 0.1) is 0 Å². The molecule has 0 saturated heterocycles. The van der Waals surface area contributed by atoms with E-state index in [1.807, 2.05) is 0 Å². The van der Waals surface area contributed by atoms with Gasteiger partial charge in [0, 0.05) is 18.3 Å². The summed E-state index contributed by atoms with van der Waals surface area (Å²) in [7, 11) is 0. The maximum atomic E-state index is 2.52. The van der Waals surface area contributed by atoms with Crippen LogP contribution in [-0.4, -0.2) is 12.6 Å². The molecule has 0 bridgehead atoms. The van der Waals surface area contributed by atoms with Crippen molar-refractivity contribution in [2.45, 2.75) is 32.7 Å². The minimum absolute atomic E-state index is 0.825. The Morgan fingerprint density at radius 1 is 1.31 bits per heavy atom. The summed E-state index contributed by atoms with van der Waals surface area (Å²) < 4.78 is 0. The number of rotatable bonds is 3. The quantitative estimate of drug-likeness (QED) is 0.682. The number of para-hydroxylation sites is 1. The van der Waals surface area contributed by atoms with Gasteiger partial charge in [-0.15, -0.1) is 0 Å². The molecule has 1 aromatic rings. The van der Waals surface area contributed by atoms with Crippen LogP contribution in [0.5, 0.6) is 0 Å². The molecular weight excluding hydrogens is 158 g/mol. The molecule has 0 N–H and O–H groups in total. The second-order valence-corrected chi connectivity index (χ2v) is 3.80. The second-order valence-electron chi connectivity index (χ2n) is 3.80. The molecule has 0 aliphatic heterocycles. The summed E-state index contributed by atoms with van der Waals surface area (Å²) in [6.07, 6.45) is 2.75. The van der Waals surface area contributed by atoms with Crippen LogP contribution in [0.1, 0.15) is 25.3 Å². The van der Waals surface area contributed by atoms with E-state index in [2.05, 4.69) is 43.0 Å². The van der Waals surface area contributed by atoms with E-state index in [-0.39, 0.29) is 0 Å². The molecule has 1 aliphatic carbocycles. The Balaban J connectivity index is 2.26. The summed E-state index contributed by atoms with van der Waals surface area (Å²) in [6, 6.07) is 9.50. The third kappa shape index (κ3) is 1.69. The predicted molar refractivity (Wildman–Crippen MR) is 57.2 cm³/mol. The normalized spacial score (nSPS) is 15.8. The van der Waals surface area contributed by atoms with Gasteiger partial charge < -0.3 is 4.90 Å². The van der Waals surface area contributed by atoms with Crippen molar-refractivity contribution in [1.82, 2.24) is 0 Å². The molecule has 1 saturated carbocycles. The molecule has 2 rings (SSSR count). The minimum atomic E-state index is 0.825. The maximum absolute atomic E-state index is 2.52. The third-order valence-corrected chi connectivity index (χ3v) is 2.75. The first-order valence-electron chi connectivity index (χ1n) is 5.15. The van der Waals surface area contributed by atoms with Gasteiger partial charge in [0.25, 0.3) is 0 Å². The molecule has 0 amide bonds. The molecule has 1 fully saturated rings. The number of nitrogens with zero attached hydrogens (tertiary/aromatic N) is 1. The van der Waals surface area contributed by atoms with Gasteiger partial charge >= 0.3 is 0 Å². The number of anilines is 1. The number of hydrogen-bond acceptors (Lipinski definition) is 1. The van der Waals surface area contributed by atoms with Crippen molar-refractivity contribution in [3.05, 3.63) is 29.8 Å². The summed E-state index contributed by atoms with van der Waals surface area (Å²) in [5.41, 5.74) is 2.82. The van der Waals surface area contributed by atoms with Gasteiger partial charge in [0.2, 0.25) is 0 Å². The Hall–Kier alpha value is -0.980. The first kappa shape index (κ1) is 8.61. The van der Waals surface area contributed by atoms with Gasteiger partial charge in [-0.25, -0.2) is 0 Å². The average molecular weight is 175 g/mol. The fraction of sp³-hybridized carbons (Fsp3) is 0.500. The van der Waals surface area contributed by atoms with Crippen LogP contribution in [0, 0.1) is 6.92 Å². The van der Waals surface area contributed by atoms with Crippen molar-refractivity contribution in [2.75, 3.05) is 11.4 Å². The molecule has 0 atom stereocenters. The van der Waals surface area contributed by atoms with E-state index in [0.29, 0.717) is 0 Å². The van der Waals surface area contributed by atoms with Crippen molar-refractivity contribution in [1.29, 1.82) is 0 Å². The zero-order valence-corrected chi connectivity index (χ0v) is 8.46. The topological polar surface area (TPSA) is 3.24 Å². The van der Waals surface area contributed by atoms with Crippen LogP contribution in [0.2, 0.25) is 0 Å². The van der Waals surface area contributed by atoms with E-state index >= 15 is 0 Å². The Bertz CT molecular complexity index is 289. The molecule has 1 heteroatoms. The van der Waals surface area contributed by atoms with E-state index in [0.717, 1.165) is 12.6 Å². The van der Waals surface area contributed by atoms with Gasteiger partial charge in [-0.05, 0) is 38.3 Å². The summed E-state index contributed by atoms with van der Waals surface area (Å²) in [6.45, 7) is 5.57. The highest BCUT2D eigenvalue weighted by molar-refractivity contribution is 5.54. The lowest BCUT2D eigenvalue weighted by atomic mass is 10.2. The van der Waals surface area contributed by atoms with Gasteiger partial charge in [-0.3, -0.25) is 0 Å². The van der Waals surface area contributed by atoms with Gasteiger partial charge in [-0.1, -0.05) is 18.2 Å². The average Bonchev–Trinajstić information content (AvgIpc) is 2.93. The van der Waals surface area contributed by atoms with Crippen LogP contribution < -0.4 is 4.90 Å². The lowest BCUT2D eigenvalue weighted by Gasteiger charge is -2.24. The number of benzene rings is 1. The molecule has 1 aliphatic rings. The molecular formula is C12H17N. The Morgan fingerprint density at radius 2 is 2.00 bits per heavy atom. The third-order valence-electron chi connectivity index (χ3n) is 2.75. The van der Waals surface area contributed by atoms with Crippen molar-refractivity contribution in [3.63, 3.8) is 0 Å². The highest BCUT2D eigenvalue weighted by Gasteiger charge is 2.28. The summed E-state index contributed by atoms with van der Waals surface area (Å²) in [4.78, 5) is 2.52. The molecule has 0 unspecified atom stereocenters. The first-order valence-corrected chi connectivity index (χ1v) is 5.15. The molecule has 0 aromatic heterocycles. The summed E-state index contributed by atoms with van der Waals surface area (Å²) >= 11 is 0. The number of aryl methyl sites for hydroxylation is 1. The molecule has 1 aromatic carbocycles. The first-order chi connectivity index (χ1) is 6.33. The van der Waals surface area contributed by atoms with E-state index in [1.165, 1.54) is 24.1 Å². The molecule has 13 heavy (non-hydrogen) atoms. The molecule has 0 spiro atoms. The fourth-order valence-corrected chi connectivity index (χ4v) is 1.90. The van der Waals surface area contributed by atoms with Gasteiger partial charge in [0.1, 0.15) is 0 Å². The number of hydrogen-bond donors (Lipinski definition) is 0. The summed E-state index contributed by atoms with van der Waals surface area (Å²) in [5, 5.41) is 0. The van der Waals surface area contributed by atoms with E-state index in [1.54, 1.807) is 0 Å². The second kappa shape index (κ2) is 3.41. The molecule has 1 nitrogen and oxygen atoms in total. The van der Waals surface area contributed by atoms with Crippen molar-refractivity contribution in [3.8, 4) is 0 Å². The van der Waals surface area contributed by atoms with E-state index in [4.69, 9.17) is 0 Å². The van der Waals surface area contributed by atoms with E-state index in [9.17, 15) is 0 Å². The Kier molecular flexibility index (Phi) is 2.26. The molecule has 0 heterocycles. The highest BCUT2D eigenvalue weighted by atomic mass is 15.2. The lowest BCUT2D eigenvalue weighted by molar-refractivity contribution is 0.822. The van der Waals surface area contributed by atoms with Gasteiger partial charge in [0.15, 0.2) is 0 Å². The van der Waals surface area contributed by atoms with Crippen LogP contribution in [0.3, 0.4) is 0 Å². The maximum Gasteiger partial charge on any atom is 0.0398 e. The van der Waals surface area contributed by atoms with Crippen molar-refractivity contribution in [2.24, 2.45) is 0 Å². The van der Waals surface area contributed by atoms with Gasteiger partial charge in [-0.2, -0.15) is 0 Å². The lowest BCUT2D eigenvalue weighted by Crippen LogP contribution is -2.25. The van der Waals surface area contributed by atoms with Crippen LogP contribution in [-0.2, 0) is 0 Å². The molecule has 0 radical (unpaired) electrons. The molecule has 70 valence electrons. The zero-order chi connectivity index (χ0) is 9.26. The predicted octanol–water partition coefficient (Wildman–Crippen LogP) is 2.98. The fourth-order valence-electron chi connectivity index (χ4n) is 1.90. The largest absolute Gasteiger partial charge is 0.369 e. The Labute approximate surface area is 80.4 Å². The highest BCUT2D eigenvalue weighted by Crippen LogP contribution is 2.32. The van der Waals surface area contributed by atoms with E-state index < -0.39 is 0 Å². The monoisotopic (exact) mass is 175 g/mol. The minimum Gasteiger partial charge on any atom is -0.369 e. The van der Waals surface area contributed by atoms with Crippen LogP contribution in [0.15, 0.2) is 24.3 Å². The van der Waals surface area contributed by atoms with Crippen LogP contribution >= 0.6 is 0 Å². The Morgan fingerprint density at radius 3 is 2.54 bits per heavy atom. The zero-order valence-electron chi connectivity index (χ0n) is 8.46. The van der Waals surface area contributed by atoms with Crippen LogP contribution in [0.25, 0.3) is 0 Å². The van der Waals surface area contributed by atoms with Crippen molar-refractivity contribution < 1.29 is 0 Å². The SMILES string of the molecule is CCN(c1ccccc1C)C1CC1.